The molecule has 1 saturated heterocycles. The maximum Gasteiger partial charge on any atom is 0.263 e. The highest BCUT2D eigenvalue weighted by molar-refractivity contribution is 5.94. The van der Waals surface area contributed by atoms with Gasteiger partial charge in [0.05, 0.1) is 0 Å². The van der Waals surface area contributed by atoms with Gasteiger partial charge in [-0.15, -0.1) is 0 Å². The van der Waals surface area contributed by atoms with Crippen molar-refractivity contribution in [2.75, 3.05) is 19.6 Å². The molecule has 1 N–H and O–H groups in total. The summed E-state index contributed by atoms with van der Waals surface area (Å²) in [6.45, 7) is 3.89. The minimum absolute atomic E-state index is 0.0612. The number of rotatable bonds is 5. The first kappa shape index (κ1) is 19.9. The molecule has 28 heavy (non-hydrogen) atoms. The predicted octanol–water partition coefficient (Wildman–Crippen LogP) is 2.23. The van der Waals surface area contributed by atoms with Gasteiger partial charge >= 0.3 is 0 Å². The van der Waals surface area contributed by atoms with Crippen LogP contribution in [0.3, 0.4) is 0 Å². The number of piperidine rings is 1. The van der Waals surface area contributed by atoms with Crippen LogP contribution in [-0.2, 0) is 13.5 Å². The first-order valence-corrected chi connectivity index (χ1v) is 9.81. The molecule has 0 saturated carbocycles. The van der Waals surface area contributed by atoms with Crippen molar-refractivity contribution in [2.45, 2.75) is 26.2 Å². The molecule has 0 atom stereocenters. The standard InChI is InChI=1S/C22H27N3O3/c1-3-16-6-8-18(9-7-16)20(26)23-15-17-10-13-25(14-11-17)22(28)19-5-4-12-24(2)21(19)27/h4-9,12,17H,3,10-11,13-15H2,1-2H3,(H,23,26). The monoisotopic (exact) mass is 381 g/mol. The Morgan fingerprint density at radius 2 is 1.79 bits per heavy atom. The summed E-state index contributed by atoms with van der Waals surface area (Å²) in [7, 11) is 1.64. The molecule has 1 aliphatic heterocycles. The van der Waals surface area contributed by atoms with E-state index in [-0.39, 0.29) is 22.9 Å². The van der Waals surface area contributed by atoms with E-state index in [0.717, 1.165) is 19.3 Å². The molecule has 6 nitrogen and oxygen atoms in total. The van der Waals surface area contributed by atoms with Crippen molar-refractivity contribution in [3.8, 4) is 0 Å². The molecule has 0 spiro atoms. The number of carbonyl (C=O) groups is 2. The van der Waals surface area contributed by atoms with Gasteiger partial charge in [-0.3, -0.25) is 14.4 Å². The van der Waals surface area contributed by atoms with E-state index in [4.69, 9.17) is 0 Å². The lowest BCUT2D eigenvalue weighted by atomic mass is 9.96. The number of nitrogens with zero attached hydrogens (tertiary/aromatic N) is 2. The zero-order valence-corrected chi connectivity index (χ0v) is 16.5. The van der Waals surface area contributed by atoms with Crippen LogP contribution in [0.5, 0.6) is 0 Å². The van der Waals surface area contributed by atoms with Crippen LogP contribution in [-0.4, -0.2) is 40.9 Å². The minimum atomic E-state index is -0.268. The van der Waals surface area contributed by atoms with Crippen LogP contribution < -0.4 is 10.9 Å². The summed E-state index contributed by atoms with van der Waals surface area (Å²) in [4.78, 5) is 38.8. The maximum absolute atomic E-state index is 12.6. The normalized spacial score (nSPS) is 14.7. The number of hydrogen-bond donors (Lipinski definition) is 1. The Bertz CT molecular complexity index is 894. The lowest BCUT2D eigenvalue weighted by Gasteiger charge is -2.32. The van der Waals surface area contributed by atoms with Crippen molar-refractivity contribution >= 4 is 11.8 Å². The van der Waals surface area contributed by atoms with E-state index in [0.29, 0.717) is 31.1 Å². The van der Waals surface area contributed by atoms with Gasteiger partial charge in [-0.25, -0.2) is 0 Å². The van der Waals surface area contributed by atoms with Gasteiger partial charge in [0.25, 0.3) is 17.4 Å². The third kappa shape index (κ3) is 4.50. The van der Waals surface area contributed by atoms with Gasteiger partial charge in [0.2, 0.25) is 0 Å². The van der Waals surface area contributed by atoms with Gasteiger partial charge in [-0.1, -0.05) is 19.1 Å². The summed E-state index contributed by atoms with van der Waals surface area (Å²) in [5.41, 5.74) is 1.83. The van der Waals surface area contributed by atoms with Gasteiger partial charge in [0.15, 0.2) is 0 Å². The quantitative estimate of drug-likeness (QED) is 0.863. The van der Waals surface area contributed by atoms with Crippen molar-refractivity contribution in [1.29, 1.82) is 0 Å². The zero-order chi connectivity index (χ0) is 20.1. The minimum Gasteiger partial charge on any atom is -0.352 e. The van der Waals surface area contributed by atoms with Crippen LogP contribution in [0.2, 0.25) is 0 Å². The summed E-state index contributed by atoms with van der Waals surface area (Å²) in [5.74, 6) is 0.0650. The molecule has 1 aromatic carbocycles. The van der Waals surface area contributed by atoms with E-state index in [2.05, 4.69) is 12.2 Å². The fourth-order valence-electron chi connectivity index (χ4n) is 3.50. The Morgan fingerprint density at radius 1 is 1.11 bits per heavy atom. The highest BCUT2D eigenvalue weighted by Gasteiger charge is 2.25. The summed E-state index contributed by atoms with van der Waals surface area (Å²) in [6.07, 6.45) is 4.22. The van der Waals surface area contributed by atoms with Crippen LogP contribution in [0, 0.1) is 5.92 Å². The highest BCUT2D eigenvalue weighted by Crippen LogP contribution is 2.18. The van der Waals surface area contributed by atoms with Crippen LogP contribution in [0.25, 0.3) is 0 Å². The second-order valence-electron chi connectivity index (χ2n) is 7.33. The zero-order valence-electron chi connectivity index (χ0n) is 16.5. The first-order chi connectivity index (χ1) is 13.5. The van der Waals surface area contributed by atoms with Crippen LogP contribution >= 0.6 is 0 Å². The molecular weight excluding hydrogens is 354 g/mol. The number of pyridine rings is 1. The summed E-state index contributed by atoms with van der Waals surface area (Å²) in [5, 5.41) is 3.00. The number of aromatic nitrogens is 1. The molecule has 0 bridgehead atoms. The summed E-state index contributed by atoms with van der Waals surface area (Å²) >= 11 is 0. The summed E-state index contributed by atoms with van der Waals surface area (Å²) in [6, 6.07) is 11.0. The molecular formula is C22H27N3O3. The number of amides is 2. The van der Waals surface area contributed by atoms with Crippen molar-refractivity contribution in [3.05, 3.63) is 69.6 Å². The molecule has 0 aliphatic carbocycles. The number of carbonyl (C=O) groups excluding carboxylic acids is 2. The number of likely N-dealkylation sites (tertiary alicyclic amines) is 1. The third-order valence-electron chi connectivity index (χ3n) is 5.43. The van der Waals surface area contributed by atoms with Crippen LogP contribution in [0.4, 0.5) is 0 Å². The molecule has 2 heterocycles. The van der Waals surface area contributed by atoms with Gasteiger partial charge in [-0.05, 0) is 55.0 Å². The van der Waals surface area contributed by atoms with Crippen molar-refractivity contribution in [2.24, 2.45) is 13.0 Å². The molecule has 3 rings (SSSR count). The fourth-order valence-corrected chi connectivity index (χ4v) is 3.50. The van der Waals surface area contributed by atoms with Crippen molar-refractivity contribution < 1.29 is 9.59 Å². The van der Waals surface area contributed by atoms with E-state index in [1.165, 1.54) is 10.1 Å². The predicted molar refractivity (Wildman–Crippen MR) is 108 cm³/mol. The second-order valence-corrected chi connectivity index (χ2v) is 7.33. The SMILES string of the molecule is CCc1ccc(C(=O)NCC2CCN(C(=O)c3cccn(C)c3=O)CC2)cc1. The molecule has 0 radical (unpaired) electrons. The Kier molecular flexibility index (Phi) is 6.29. The van der Waals surface area contributed by atoms with Gasteiger partial charge in [0, 0.05) is 38.4 Å². The van der Waals surface area contributed by atoms with E-state index in [1.807, 2.05) is 24.3 Å². The molecule has 2 amide bonds. The Balaban J connectivity index is 1.50. The fraction of sp³-hybridized carbons (Fsp3) is 0.409. The van der Waals surface area contributed by atoms with Crippen LogP contribution in [0.1, 0.15) is 46.0 Å². The van der Waals surface area contributed by atoms with Crippen molar-refractivity contribution in [3.63, 3.8) is 0 Å². The summed E-state index contributed by atoms with van der Waals surface area (Å²) < 4.78 is 1.42. The smallest absolute Gasteiger partial charge is 0.263 e. The number of benzene rings is 1. The Morgan fingerprint density at radius 3 is 2.43 bits per heavy atom. The van der Waals surface area contributed by atoms with E-state index in [9.17, 15) is 14.4 Å². The van der Waals surface area contributed by atoms with Gasteiger partial charge in [0.1, 0.15) is 5.56 Å². The van der Waals surface area contributed by atoms with Gasteiger partial charge < -0.3 is 14.8 Å². The van der Waals surface area contributed by atoms with Crippen molar-refractivity contribution in [1.82, 2.24) is 14.8 Å². The average Bonchev–Trinajstić information content (AvgIpc) is 2.74. The molecule has 1 aliphatic rings. The molecule has 2 aromatic rings. The second kappa shape index (κ2) is 8.87. The Labute approximate surface area is 165 Å². The van der Waals surface area contributed by atoms with E-state index in [1.54, 1.807) is 30.3 Å². The van der Waals surface area contributed by atoms with E-state index < -0.39 is 0 Å². The number of aryl methyl sites for hydroxylation is 2. The Hall–Kier alpha value is -2.89. The number of nitrogens with one attached hydrogen (secondary N) is 1. The highest BCUT2D eigenvalue weighted by atomic mass is 16.2. The molecule has 0 unspecified atom stereocenters. The van der Waals surface area contributed by atoms with Crippen LogP contribution in [0.15, 0.2) is 47.4 Å². The van der Waals surface area contributed by atoms with E-state index >= 15 is 0 Å². The molecule has 6 heteroatoms. The maximum atomic E-state index is 12.6. The largest absolute Gasteiger partial charge is 0.352 e. The molecule has 1 aromatic heterocycles. The lowest BCUT2D eigenvalue weighted by molar-refractivity contribution is 0.0682. The topological polar surface area (TPSA) is 71.4 Å². The first-order valence-electron chi connectivity index (χ1n) is 9.81. The molecule has 1 fully saturated rings. The average molecular weight is 381 g/mol. The number of hydrogen-bond acceptors (Lipinski definition) is 3. The lowest BCUT2D eigenvalue weighted by Crippen LogP contribution is -2.43. The van der Waals surface area contributed by atoms with Gasteiger partial charge in [-0.2, -0.15) is 0 Å². The third-order valence-corrected chi connectivity index (χ3v) is 5.43. The molecule has 148 valence electrons.